The lowest BCUT2D eigenvalue weighted by Crippen LogP contribution is -2.44. The van der Waals surface area contributed by atoms with Gasteiger partial charge in [0, 0.05) is 19.7 Å². The second kappa shape index (κ2) is 10.3. The van der Waals surface area contributed by atoms with Gasteiger partial charge in [-0.3, -0.25) is 9.59 Å². The van der Waals surface area contributed by atoms with E-state index in [1.807, 2.05) is 6.92 Å². The van der Waals surface area contributed by atoms with E-state index in [4.69, 9.17) is 9.84 Å². The molecule has 0 aromatic carbocycles. The summed E-state index contributed by atoms with van der Waals surface area (Å²) in [5, 5.41) is 22.0. The summed E-state index contributed by atoms with van der Waals surface area (Å²) < 4.78 is 5.29. The van der Waals surface area contributed by atoms with Crippen LogP contribution < -0.4 is 10.6 Å². The standard InChI is InChI=1S/C15H30N4O4/c1-6-10-23-11-8-17-13(22)15(4,5)19-18-14(2,3)12(21)16-7-9-20/h20H,6-11H2,1-5H3,(H,16,21)(H,17,22). The molecule has 0 aliphatic carbocycles. The van der Waals surface area contributed by atoms with Crippen molar-refractivity contribution in [2.45, 2.75) is 52.1 Å². The lowest BCUT2D eigenvalue weighted by molar-refractivity contribution is -0.127. The Balaban J connectivity index is 4.51. The SMILES string of the molecule is CCCOCCNC(=O)C(C)(C)N=NC(C)(C)C(=O)NCCO. The lowest BCUT2D eigenvalue weighted by atomic mass is 10.0. The molecule has 0 aromatic heterocycles. The van der Waals surface area contributed by atoms with Crippen molar-refractivity contribution in [3.63, 3.8) is 0 Å². The minimum Gasteiger partial charge on any atom is -0.395 e. The summed E-state index contributed by atoms with van der Waals surface area (Å²) in [6.45, 7) is 9.97. The zero-order chi connectivity index (χ0) is 17.9. The number of amides is 2. The molecule has 0 bridgehead atoms. The van der Waals surface area contributed by atoms with Crippen LogP contribution in [-0.4, -0.2) is 60.9 Å². The first kappa shape index (κ1) is 21.5. The molecule has 0 rings (SSSR count). The van der Waals surface area contributed by atoms with Crippen LogP contribution in [0.5, 0.6) is 0 Å². The number of ether oxygens (including phenoxy) is 1. The Hall–Kier alpha value is -1.54. The van der Waals surface area contributed by atoms with Gasteiger partial charge in [-0.05, 0) is 34.1 Å². The predicted octanol–water partition coefficient (Wildman–Crippen LogP) is 0.647. The molecule has 0 aliphatic heterocycles. The topological polar surface area (TPSA) is 112 Å². The van der Waals surface area contributed by atoms with Crippen molar-refractivity contribution < 1.29 is 19.4 Å². The summed E-state index contributed by atoms with van der Waals surface area (Å²) in [5.41, 5.74) is -2.20. The van der Waals surface area contributed by atoms with Crippen LogP contribution in [0.1, 0.15) is 41.0 Å². The molecule has 0 aromatic rings. The monoisotopic (exact) mass is 330 g/mol. The molecule has 0 fully saturated rings. The molecule has 23 heavy (non-hydrogen) atoms. The van der Waals surface area contributed by atoms with Crippen LogP contribution >= 0.6 is 0 Å². The molecule has 8 nitrogen and oxygen atoms in total. The van der Waals surface area contributed by atoms with Crippen LogP contribution in [0.4, 0.5) is 0 Å². The summed E-state index contributed by atoms with van der Waals surface area (Å²) in [6.07, 6.45) is 0.932. The molecule has 0 aliphatic rings. The maximum Gasteiger partial charge on any atom is 0.249 e. The third-order valence-corrected chi connectivity index (χ3v) is 2.94. The summed E-state index contributed by atoms with van der Waals surface area (Å²) in [6, 6.07) is 0. The first-order chi connectivity index (χ1) is 10.7. The largest absolute Gasteiger partial charge is 0.395 e. The Kier molecular flexibility index (Phi) is 9.59. The van der Waals surface area contributed by atoms with E-state index in [1.54, 1.807) is 27.7 Å². The number of nitrogens with zero attached hydrogens (tertiary/aromatic N) is 2. The number of azo groups is 1. The molecule has 0 radical (unpaired) electrons. The first-order valence-electron chi connectivity index (χ1n) is 7.86. The summed E-state index contributed by atoms with van der Waals surface area (Å²) in [4.78, 5) is 24.0. The van der Waals surface area contributed by atoms with Crippen LogP contribution in [0, 0.1) is 0 Å². The highest BCUT2D eigenvalue weighted by molar-refractivity contribution is 5.86. The van der Waals surface area contributed by atoms with Gasteiger partial charge in [-0.15, -0.1) is 0 Å². The van der Waals surface area contributed by atoms with E-state index >= 15 is 0 Å². The number of carbonyl (C=O) groups excluding carboxylic acids is 2. The number of hydrogen-bond donors (Lipinski definition) is 3. The molecule has 2 amide bonds. The van der Waals surface area contributed by atoms with Crippen molar-refractivity contribution in [1.29, 1.82) is 0 Å². The van der Waals surface area contributed by atoms with Gasteiger partial charge in [0.25, 0.3) is 0 Å². The molecule has 0 unspecified atom stereocenters. The van der Waals surface area contributed by atoms with Gasteiger partial charge in [0.2, 0.25) is 11.8 Å². The number of carbonyl (C=O) groups is 2. The number of aliphatic hydroxyl groups is 1. The van der Waals surface area contributed by atoms with Gasteiger partial charge in [0.1, 0.15) is 0 Å². The van der Waals surface area contributed by atoms with Gasteiger partial charge in [0.15, 0.2) is 11.1 Å². The van der Waals surface area contributed by atoms with Crippen LogP contribution in [0.2, 0.25) is 0 Å². The Morgan fingerprint density at radius 1 is 0.957 bits per heavy atom. The molecule has 8 heteroatoms. The van der Waals surface area contributed by atoms with E-state index in [9.17, 15) is 9.59 Å². The Morgan fingerprint density at radius 3 is 1.87 bits per heavy atom. The zero-order valence-corrected chi connectivity index (χ0v) is 14.8. The average Bonchev–Trinajstić information content (AvgIpc) is 2.50. The van der Waals surface area contributed by atoms with Crippen LogP contribution in [-0.2, 0) is 14.3 Å². The van der Waals surface area contributed by atoms with Gasteiger partial charge in [-0.25, -0.2) is 0 Å². The van der Waals surface area contributed by atoms with E-state index in [2.05, 4.69) is 20.9 Å². The van der Waals surface area contributed by atoms with Crippen molar-refractivity contribution in [3.05, 3.63) is 0 Å². The van der Waals surface area contributed by atoms with Crippen molar-refractivity contribution >= 4 is 11.8 Å². The van der Waals surface area contributed by atoms with Crippen molar-refractivity contribution in [3.8, 4) is 0 Å². The lowest BCUT2D eigenvalue weighted by Gasteiger charge is -2.22. The van der Waals surface area contributed by atoms with Gasteiger partial charge < -0.3 is 20.5 Å². The van der Waals surface area contributed by atoms with Gasteiger partial charge in [-0.2, -0.15) is 10.2 Å². The smallest absolute Gasteiger partial charge is 0.249 e. The average molecular weight is 330 g/mol. The van der Waals surface area contributed by atoms with Gasteiger partial charge in [-0.1, -0.05) is 6.92 Å². The summed E-state index contributed by atoms with van der Waals surface area (Å²) in [7, 11) is 0. The van der Waals surface area contributed by atoms with Crippen molar-refractivity contribution in [2.24, 2.45) is 10.2 Å². The fourth-order valence-electron chi connectivity index (χ4n) is 1.43. The number of aliphatic hydroxyl groups excluding tert-OH is 1. The number of nitrogens with one attached hydrogen (secondary N) is 2. The molecular formula is C15H30N4O4. The highest BCUT2D eigenvalue weighted by Crippen LogP contribution is 2.16. The predicted molar refractivity (Wildman–Crippen MR) is 87.2 cm³/mol. The van der Waals surface area contributed by atoms with Crippen molar-refractivity contribution in [1.82, 2.24) is 10.6 Å². The molecule has 0 saturated carbocycles. The highest BCUT2D eigenvalue weighted by Gasteiger charge is 2.31. The maximum atomic E-state index is 12.1. The number of rotatable bonds is 11. The third-order valence-electron chi connectivity index (χ3n) is 2.94. The van der Waals surface area contributed by atoms with Crippen LogP contribution in [0.25, 0.3) is 0 Å². The Bertz CT molecular complexity index is 408. The molecule has 134 valence electrons. The normalized spacial score (nSPS) is 12.4. The zero-order valence-electron chi connectivity index (χ0n) is 14.8. The molecule has 0 saturated heterocycles. The number of hydrogen-bond acceptors (Lipinski definition) is 6. The molecule has 0 heterocycles. The van der Waals surface area contributed by atoms with E-state index in [1.165, 1.54) is 0 Å². The Labute approximate surface area is 138 Å². The van der Waals surface area contributed by atoms with Gasteiger partial charge in [0.05, 0.1) is 13.2 Å². The van der Waals surface area contributed by atoms with E-state index < -0.39 is 11.1 Å². The molecule has 3 N–H and O–H groups in total. The maximum absolute atomic E-state index is 12.1. The minimum atomic E-state index is -1.11. The molecule has 0 spiro atoms. The second-order valence-corrected chi connectivity index (χ2v) is 6.17. The van der Waals surface area contributed by atoms with Crippen LogP contribution in [0.15, 0.2) is 10.2 Å². The Morgan fingerprint density at radius 2 is 1.43 bits per heavy atom. The third kappa shape index (κ3) is 8.61. The summed E-state index contributed by atoms with van der Waals surface area (Å²) in [5.74, 6) is -0.646. The van der Waals surface area contributed by atoms with Crippen molar-refractivity contribution in [2.75, 3.05) is 32.9 Å². The fraction of sp³-hybridized carbons (Fsp3) is 0.867. The van der Waals surface area contributed by atoms with E-state index in [-0.39, 0.29) is 25.0 Å². The quantitative estimate of drug-likeness (QED) is 0.381. The van der Waals surface area contributed by atoms with Crippen LogP contribution in [0.3, 0.4) is 0 Å². The van der Waals surface area contributed by atoms with E-state index in [0.717, 1.165) is 6.42 Å². The minimum absolute atomic E-state index is 0.146. The fourth-order valence-corrected chi connectivity index (χ4v) is 1.43. The van der Waals surface area contributed by atoms with E-state index in [0.29, 0.717) is 19.8 Å². The summed E-state index contributed by atoms with van der Waals surface area (Å²) >= 11 is 0. The highest BCUT2D eigenvalue weighted by atomic mass is 16.5. The molecular weight excluding hydrogens is 300 g/mol. The molecule has 0 atom stereocenters. The first-order valence-corrected chi connectivity index (χ1v) is 7.86. The second-order valence-electron chi connectivity index (χ2n) is 6.17. The van der Waals surface area contributed by atoms with Gasteiger partial charge >= 0.3 is 0 Å².